The van der Waals surface area contributed by atoms with Crippen molar-refractivity contribution in [2.45, 2.75) is 26.3 Å². The molecular formula is C10H15N3. The predicted octanol–water partition coefficient (Wildman–Crippen LogP) is 1.39. The Kier molecular flexibility index (Phi) is 3.43. The molecule has 3 heteroatoms. The molecule has 1 aromatic rings. The maximum atomic E-state index is 5.74. The van der Waals surface area contributed by atoms with Gasteiger partial charge in [0.1, 0.15) is 0 Å². The number of aliphatic imine (C=N–C) groups is 1. The molecule has 1 rings (SSSR count). The molecule has 0 saturated heterocycles. The first-order valence-corrected chi connectivity index (χ1v) is 4.39. The van der Waals surface area contributed by atoms with E-state index in [-0.39, 0.29) is 6.04 Å². The Morgan fingerprint density at radius 2 is 2.08 bits per heavy atom. The van der Waals surface area contributed by atoms with Crippen molar-refractivity contribution in [3.8, 4) is 0 Å². The number of pyridine rings is 1. The van der Waals surface area contributed by atoms with Crippen molar-refractivity contribution in [1.82, 2.24) is 4.98 Å². The molecule has 13 heavy (non-hydrogen) atoms. The Morgan fingerprint density at radius 3 is 2.62 bits per heavy atom. The summed E-state index contributed by atoms with van der Waals surface area (Å²) in [5.41, 5.74) is 6.89. The van der Waals surface area contributed by atoms with Crippen LogP contribution in [0.25, 0.3) is 0 Å². The highest BCUT2D eigenvalue weighted by Crippen LogP contribution is 1.98. The van der Waals surface area contributed by atoms with Crippen LogP contribution in [-0.2, 0) is 6.42 Å². The first-order chi connectivity index (χ1) is 6.18. The molecule has 0 aliphatic rings. The van der Waals surface area contributed by atoms with Gasteiger partial charge in [0.05, 0.1) is 5.84 Å². The smallest absolute Gasteiger partial charge is 0.0984 e. The highest BCUT2D eigenvalue weighted by atomic mass is 14.9. The maximum Gasteiger partial charge on any atom is 0.0984 e. The molecule has 0 unspecified atom stereocenters. The van der Waals surface area contributed by atoms with Crippen LogP contribution in [0.1, 0.15) is 19.4 Å². The molecular weight excluding hydrogens is 162 g/mol. The Balaban J connectivity index is 2.60. The molecule has 0 atom stereocenters. The van der Waals surface area contributed by atoms with Gasteiger partial charge in [-0.25, -0.2) is 0 Å². The van der Waals surface area contributed by atoms with E-state index in [2.05, 4.69) is 9.98 Å². The topological polar surface area (TPSA) is 51.3 Å². The van der Waals surface area contributed by atoms with Crippen molar-refractivity contribution < 1.29 is 0 Å². The molecule has 1 aromatic heterocycles. The molecule has 0 saturated carbocycles. The van der Waals surface area contributed by atoms with Gasteiger partial charge >= 0.3 is 0 Å². The van der Waals surface area contributed by atoms with E-state index < -0.39 is 0 Å². The van der Waals surface area contributed by atoms with Gasteiger partial charge in [0.2, 0.25) is 0 Å². The number of nitrogens with zero attached hydrogens (tertiary/aromatic N) is 2. The van der Waals surface area contributed by atoms with Crippen molar-refractivity contribution in [2.75, 3.05) is 0 Å². The van der Waals surface area contributed by atoms with E-state index in [0.717, 1.165) is 5.56 Å². The Labute approximate surface area is 78.7 Å². The minimum Gasteiger partial charge on any atom is -0.387 e. The summed E-state index contributed by atoms with van der Waals surface area (Å²) in [6.45, 7) is 4.03. The van der Waals surface area contributed by atoms with Crippen LogP contribution in [-0.4, -0.2) is 16.9 Å². The van der Waals surface area contributed by atoms with E-state index in [1.165, 1.54) is 0 Å². The summed E-state index contributed by atoms with van der Waals surface area (Å²) in [5, 5.41) is 0. The van der Waals surface area contributed by atoms with E-state index in [1.54, 1.807) is 12.4 Å². The summed E-state index contributed by atoms with van der Waals surface area (Å²) in [5.74, 6) is 0.682. The molecule has 2 N–H and O–H groups in total. The van der Waals surface area contributed by atoms with Gasteiger partial charge in [0.15, 0.2) is 0 Å². The van der Waals surface area contributed by atoms with Crippen molar-refractivity contribution in [3.05, 3.63) is 30.1 Å². The third kappa shape index (κ3) is 3.69. The van der Waals surface area contributed by atoms with Gasteiger partial charge in [-0.15, -0.1) is 0 Å². The molecule has 1 heterocycles. The fourth-order valence-electron chi connectivity index (χ4n) is 1.09. The van der Waals surface area contributed by atoms with Crippen LogP contribution in [0.3, 0.4) is 0 Å². The summed E-state index contributed by atoms with van der Waals surface area (Å²) in [6, 6.07) is 4.16. The minimum absolute atomic E-state index is 0.266. The summed E-state index contributed by atoms with van der Waals surface area (Å²) in [6.07, 6.45) is 4.23. The normalized spacial score (nSPS) is 12.1. The van der Waals surface area contributed by atoms with Gasteiger partial charge < -0.3 is 5.73 Å². The lowest BCUT2D eigenvalue weighted by molar-refractivity contribution is 0.829. The molecule has 0 aliphatic heterocycles. The number of rotatable bonds is 3. The zero-order valence-corrected chi connectivity index (χ0v) is 8.07. The minimum atomic E-state index is 0.266. The highest BCUT2D eigenvalue weighted by Gasteiger charge is 1.96. The molecule has 70 valence electrons. The van der Waals surface area contributed by atoms with Crippen molar-refractivity contribution >= 4 is 5.84 Å². The van der Waals surface area contributed by atoms with Gasteiger partial charge in [0, 0.05) is 24.9 Å². The molecule has 0 spiro atoms. The van der Waals surface area contributed by atoms with Gasteiger partial charge in [-0.2, -0.15) is 0 Å². The molecule has 0 radical (unpaired) electrons. The standard InChI is InChI=1S/C10H15N3/c1-8(2)13-10(11)7-9-3-5-12-6-4-9/h3-6,8H,7H2,1-2H3,(H2,11,13). The molecule has 0 aromatic carbocycles. The van der Waals surface area contributed by atoms with Crippen LogP contribution >= 0.6 is 0 Å². The number of amidine groups is 1. The third-order valence-electron chi connectivity index (χ3n) is 1.56. The first kappa shape index (κ1) is 9.71. The SMILES string of the molecule is CC(C)N=C(N)Cc1ccncc1. The van der Waals surface area contributed by atoms with Crippen LogP contribution in [0.5, 0.6) is 0 Å². The number of nitrogens with two attached hydrogens (primary N) is 1. The average molecular weight is 177 g/mol. The fraction of sp³-hybridized carbons (Fsp3) is 0.400. The summed E-state index contributed by atoms with van der Waals surface area (Å²) < 4.78 is 0. The molecule has 3 nitrogen and oxygen atoms in total. The predicted molar refractivity (Wildman–Crippen MR) is 54.7 cm³/mol. The van der Waals surface area contributed by atoms with Gasteiger partial charge in [-0.05, 0) is 31.5 Å². The molecule has 0 amide bonds. The van der Waals surface area contributed by atoms with Crippen molar-refractivity contribution in [1.29, 1.82) is 0 Å². The number of aromatic nitrogens is 1. The maximum absolute atomic E-state index is 5.74. The van der Waals surface area contributed by atoms with E-state index in [1.807, 2.05) is 26.0 Å². The van der Waals surface area contributed by atoms with Gasteiger partial charge in [-0.1, -0.05) is 0 Å². The van der Waals surface area contributed by atoms with Crippen LogP contribution in [0.4, 0.5) is 0 Å². The Hall–Kier alpha value is -1.38. The van der Waals surface area contributed by atoms with E-state index in [0.29, 0.717) is 12.3 Å². The largest absolute Gasteiger partial charge is 0.387 e. The van der Waals surface area contributed by atoms with Crippen LogP contribution in [0.2, 0.25) is 0 Å². The number of hydrogen-bond acceptors (Lipinski definition) is 2. The summed E-state index contributed by atoms with van der Waals surface area (Å²) in [7, 11) is 0. The summed E-state index contributed by atoms with van der Waals surface area (Å²) >= 11 is 0. The zero-order valence-electron chi connectivity index (χ0n) is 8.07. The summed E-state index contributed by atoms with van der Waals surface area (Å²) in [4.78, 5) is 8.18. The quantitative estimate of drug-likeness (QED) is 0.560. The second-order valence-corrected chi connectivity index (χ2v) is 3.25. The van der Waals surface area contributed by atoms with Crippen LogP contribution in [0.15, 0.2) is 29.5 Å². The highest BCUT2D eigenvalue weighted by molar-refractivity contribution is 5.82. The Bertz CT molecular complexity index is 277. The van der Waals surface area contributed by atoms with Gasteiger partial charge in [0.25, 0.3) is 0 Å². The molecule has 0 bridgehead atoms. The fourth-order valence-corrected chi connectivity index (χ4v) is 1.09. The average Bonchev–Trinajstić information content (AvgIpc) is 2.04. The zero-order chi connectivity index (χ0) is 9.68. The lowest BCUT2D eigenvalue weighted by Crippen LogP contribution is -2.17. The Morgan fingerprint density at radius 1 is 1.46 bits per heavy atom. The number of hydrogen-bond donors (Lipinski definition) is 1. The van der Waals surface area contributed by atoms with Gasteiger partial charge in [-0.3, -0.25) is 9.98 Å². The molecule has 0 aliphatic carbocycles. The van der Waals surface area contributed by atoms with Crippen molar-refractivity contribution in [2.24, 2.45) is 10.7 Å². The van der Waals surface area contributed by atoms with E-state index in [9.17, 15) is 0 Å². The monoisotopic (exact) mass is 177 g/mol. The first-order valence-electron chi connectivity index (χ1n) is 4.39. The van der Waals surface area contributed by atoms with Crippen LogP contribution < -0.4 is 5.73 Å². The second kappa shape index (κ2) is 4.60. The molecule has 0 fully saturated rings. The second-order valence-electron chi connectivity index (χ2n) is 3.25. The third-order valence-corrected chi connectivity index (χ3v) is 1.56. The van der Waals surface area contributed by atoms with Crippen LogP contribution in [0, 0.1) is 0 Å². The van der Waals surface area contributed by atoms with E-state index >= 15 is 0 Å². The van der Waals surface area contributed by atoms with Crippen molar-refractivity contribution in [3.63, 3.8) is 0 Å². The van der Waals surface area contributed by atoms with E-state index in [4.69, 9.17) is 5.73 Å². The lowest BCUT2D eigenvalue weighted by Gasteiger charge is -2.02. The lowest BCUT2D eigenvalue weighted by atomic mass is 10.2.